The number of nitrogens with one attached hydrogen (secondary N) is 2. The van der Waals surface area contributed by atoms with E-state index < -0.39 is 5.97 Å². The van der Waals surface area contributed by atoms with Crippen LogP contribution in [0.2, 0.25) is 0 Å². The van der Waals surface area contributed by atoms with Gasteiger partial charge in [0.25, 0.3) is 0 Å². The van der Waals surface area contributed by atoms with E-state index in [-0.39, 0.29) is 12.3 Å². The minimum atomic E-state index is -0.397. The van der Waals surface area contributed by atoms with Crippen molar-refractivity contribution in [2.45, 2.75) is 6.42 Å². The number of nitrogens with zero attached hydrogens (tertiary/aromatic N) is 2. The molecule has 0 fully saturated rings. The molecule has 0 bridgehead atoms. The van der Waals surface area contributed by atoms with Crippen LogP contribution in [0.4, 0.5) is 17.3 Å². The molecule has 148 valence electrons. The van der Waals surface area contributed by atoms with Crippen LogP contribution >= 0.6 is 0 Å². The van der Waals surface area contributed by atoms with Gasteiger partial charge in [-0.3, -0.25) is 4.79 Å². The molecule has 0 saturated heterocycles. The highest BCUT2D eigenvalue weighted by molar-refractivity contribution is 5.91. The second-order valence-corrected chi connectivity index (χ2v) is 6.07. The van der Waals surface area contributed by atoms with Crippen molar-refractivity contribution in [1.29, 1.82) is 0 Å². The number of hydrogen-bond donors (Lipinski definition) is 2. The summed E-state index contributed by atoms with van der Waals surface area (Å²) in [6.07, 6.45) is 0.220. The number of methoxy groups -OCH3 is 2. The minimum absolute atomic E-state index is 0.191. The number of rotatable bonds is 7. The molecule has 0 aliphatic carbocycles. The quantitative estimate of drug-likeness (QED) is 0.595. The van der Waals surface area contributed by atoms with Crippen molar-refractivity contribution in [3.63, 3.8) is 0 Å². The molecule has 0 spiro atoms. The maximum atomic E-state index is 12.2. The summed E-state index contributed by atoms with van der Waals surface area (Å²) in [5.41, 5.74) is 2.06. The summed E-state index contributed by atoms with van der Waals surface area (Å²) in [4.78, 5) is 23.6. The van der Waals surface area contributed by atoms with Crippen LogP contribution in [0.25, 0.3) is 0 Å². The number of amides is 1. The molecule has 29 heavy (non-hydrogen) atoms. The van der Waals surface area contributed by atoms with E-state index in [1.807, 2.05) is 12.1 Å². The third-order valence-corrected chi connectivity index (χ3v) is 4.03. The number of ether oxygens (including phenoxy) is 2. The van der Waals surface area contributed by atoms with Gasteiger partial charge in [-0.05, 0) is 54.1 Å². The Labute approximate surface area is 167 Å². The number of benzene rings is 2. The third kappa shape index (κ3) is 5.52. The summed E-state index contributed by atoms with van der Waals surface area (Å²) >= 11 is 0. The molecule has 1 heterocycles. The normalized spacial score (nSPS) is 10.1. The van der Waals surface area contributed by atoms with Crippen molar-refractivity contribution >= 4 is 29.2 Å². The summed E-state index contributed by atoms with van der Waals surface area (Å²) in [6, 6.07) is 17.4. The molecule has 0 unspecified atom stereocenters. The molecule has 8 heteroatoms. The van der Waals surface area contributed by atoms with Gasteiger partial charge in [-0.1, -0.05) is 12.1 Å². The minimum Gasteiger partial charge on any atom is -0.497 e. The van der Waals surface area contributed by atoms with E-state index in [0.717, 1.165) is 17.0 Å². The van der Waals surface area contributed by atoms with Gasteiger partial charge in [-0.2, -0.15) is 0 Å². The fraction of sp³-hybridized carbons (Fsp3) is 0.143. The van der Waals surface area contributed by atoms with Crippen LogP contribution in [0.1, 0.15) is 15.9 Å². The number of anilines is 3. The van der Waals surface area contributed by atoms with Crippen LogP contribution in [0.15, 0.2) is 60.7 Å². The first-order valence-electron chi connectivity index (χ1n) is 8.79. The fourth-order valence-corrected chi connectivity index (χ4v) is 2.54. The largest absolute Gasteiger partial charge is 0.497 e. The Morgan fingerprint density at radius 3 is 2.10 bits per heavy atom. The Morgan fingerprint density at radius 2 is 1.52 bits per heavy atom. The standard InChI is InChI=1S/C21H20N4O4/c1-28-17-9-3-14(4-10-17)13-20(26)23-19-12-11-18(24-25-19)22-16-7-5-15(6-8-16)21(27)29-2/h3-12H,13H2,1-2H3,(H,22,24)(H,23,25,26). The van der Waals surface area contributed by atoms with E-state index in [9.17, 15) is 9.59 Å². The van der Waals surface area contributed by atoms with Crippen molar-refractivity contribution in [2.75, 3.05) is 24.9 Å². The molecular weight excluding hydrogens is 372 g/mol. The molecule has 8 nitrogen and oxygen atoms in total. The van der Waals surface area contributed by atoms with Gasteiger partial charge in [-0.15, -0.1) is 10.2 Å². The van der Waals surface area contributed by atoms with Gasteiger partial charge in [0.1, 0.15) is 5.75 Å². The molecule has 3 rings (SSSR count). The lowest BCUT2D eigenvalue weighted by Gasteiger charge is -2.08. The Morgan fingerprint density at radius 1 is 0.862 bits per heavy atom. The molecule has 0 radical (unpaired) electrons. The van der Waals surface area contributed by atoms with E-state index >= 15 is 0 Å². The van der Waals surface area contributed by atoms with Gasteiger partial charge in [0.2, 0.25) is 5.91 Å². The molecular formula is C21H20N4O4. The topological polar surface area (TPSA) is 102 Å². The third-order valence-electron chi connectivity index (χ3n) is 4.03. The van der Waals surface area contributed by atoms with E-state index in [2.05, 4.69) is 25.6 Å². The smallest absolute Gasteiger partial charge is 0.337 e. The second kappa shape index (κ2) is 9.32. The number of hydrogen-bond acceptors (Lipinski definition) is 7. The van der Waals surface area contributed by atoms with Crippen LogP contribution < -0.4 is 15.4 Å². The van der Waals surface area contributed by atoms with Crippen molar-refractivity contribution < 1.29 is 19.1 Å². The Balaban J connectivity index is 1.55. The van der Waals surface area contributed by atoms with Crippen molar-refractivity contribution in [1.82, 2.24) is 10.2 Å². The molecule has 0 aliphatic rings. The zero-order chi connectivity index (χ0) is 20.6. The monoisotopic (exact) mass is 392 g/mol. The molecule has 1 amide bonds. The first kappa shape index (κ1) is 19.8. The highest BCUT2D eigenvalue weighted by Gasteiger charge is 2.07. The first-order valence-corrected chi connectivity index (χ1v) is 8.79. The first-order chi connectivity index (χ1) is 14.1. The molecule has 0 saturated carbocycles. The zero-order valence-corrected chi connectivity index (χ0v) is 16.0. The summed E-state index contributed by atoms with van der Waals surface area (Å²) in [5, 5.41) is 13.8. The van der Waals surface area contributed by atoms with Gasteiger partial charge in [0.15, 0.2) is 11.6 Å². The van der Waals surface area contributed by atoms with Gasteiger partial charge < -0.3 is 20.1 Å². The van der Waals surface area contributed by atoms with Gasteiger partial charge in [0, 0.05) is 5.69 Å². The highest BCUT2D eigenvalue weighted by atomic mass is 16.5. The summed E-state index contributed by atoms with van der Waals surface area (Å²) in [5.74, 6) is 1.01. The fourth-order valence-electron chi connectivity index (χ4n) is 2.54. The maximum Gasteiger partial charge on any atom is 0.337 e. The predicted molar refractivity (Wildman–Crippen MR) is 108 cm³/mol. The summed E-state index contributed by atoms with van der Waals surface area (Å²) in [6.45, 7) is 0. The van der Waals surface area contributed by atoms with Crippen molar-refractivity contribution in [2.24, 2.45) is 0 Å². The average Bonchev–Trinajstić information content (AvgIpc) is 2.75. The lowest BCUT2D eigenvalue weighted by molar-refractivity contribution is -0.115. The predicted octanol–water partition coefficient (Wildman–Crippen LogP) is 3.20. The van der Waals surface area contributed by atoms with Crippen LogP contribution in [-0.2, 0) is 16.0 Å². The number of carbonyl (C=O) groups excluding carboxylic acids is 2. The van der Waals surface area contributed by atoms with Gasteiger partial charge >= 0.3 is 5.97 Å². The Hall–Kier alpha value is -3.94. The Kier molecular flexibility index (Phi) is 6.36. The van der Waals surface area contributed by atoms with Crippen molar-refractivity contribution in [3.8, 4) is 5.75 Å². The summed E-state index contributed by atoms with van der Waals surface area (Å²) < 4.78 is 9.76. The van der Waals surface area contributed by atoms with E-state index in [0.29, 0.717) is 17.2 Å². The van der Waals surface area contributed by atoms with E-state index in [1.165, 1.54) is 7.11 Å². The maximum absolute atomic E-state index is 12.2. The SMILES string of the molecule is COC(=O)c1ccc(Nc2ccc(NC(=O)Cc3ccc(OC)cc3)nn2)cc1. The zero-order valence-electron chi connectivity index (χ0n) is 16.0. The lowest BCUT2D eigenvalue weighted by atomic mass is 10.1. The van der Waals surface area contributed by atoms with Gasteiger partial charge in [-0.25, -0.2) is 4.79 Å². The highest BCUT2D eigenvalue weighted by Crippen LogP contribution is 2.16. The second-order valence-electron chi connectivity index (χ2n) is 6.07. The van der Waals surface area contributed by atoms with Crippen LogP contribution in [0.5, 0.6) is 5.75 Å². The molecule has 2 aromatic carbocycles. The van der Waals surface area contributed by atoms with Crippen LogP contribution in [0, 0.1) is 0 Å². The molecule has 2 N–H and O–H groups in total. The summed E-state index contributed by atoms with van der Waals surface area (Å²) in [7, 11) is 2.93. The Bertz CT molecular complexity index is 971. The molecule has 0 aliphatic heterocycles. The average molecular weight is 392 g/mol. The van der Waals surface area contributed by atoms with E-state index in [4.69, 9.17) is 4.74 Å². The molecule has 3 aromatic rings. The van der Waals surface area contributed by atoms with E-state index in [1.54, 1.807) is 55.6 Å². The van der Waals surface area contributed by atoms with Gasteiger partial charge in [0.05, 0.1) is 26.2 Å². The van der Waals surface area contributed by atoms with Crippen LogP contribution in [0.3, 0.4) is 0 Å². The molecule has 0 atom stereocenters. The number of aromatic nitrogens is 2. The number of esters is 1. The molecule has 1 aromatic heterocycles. The number of carbonyl (C=O) groups is 2. The van der Waals surface area contributed by atoms with Crippen molar-refractivity contribution in [3.05, 3.63) is 71.8 Å². The van der Waals surface area contributed by atoms with Crippen LogP contribution in [-0.4, -0.2) is 36.3 Å². The lowest BCUT2D eigenvalue weighted by Crippen LogP contribution is -2.15.